The van der Waals surface area contributed by atoms with E-state index in [2.05, 4.69) is 0 Å². The molecule has 0 spiro atoms. The molecule has 0 atom stereocenters. The zero-order chi connectivity index (χ0) is 12.3. The average molecular weight is 243 g/mol. The minimum Gasteiger partial charge on any atom is -0.472 e. The van der Waals surface area contributed by atoms with Gasteiger partial charge in [-0.2, -0.15) is 0 Å². The minimum absolute atomic E-state index is 0.0857. The molecule has 2 rings (SSSR count). The Bertz CT molecular complexity index is 471. The van der Waals surface area contributed by atoms with Gasteiger partial charge in [-0.15, -0.1) is 0 Å². The van der Waals surface area contributed by atoms with E-state index in [1.54, 1.807) is 0 Å². The van der Waals surface area contributed by atoms with Crippen LogP contribution in [0.15, 0.2) is 60.7 Å². The van der Waals surface area contributed by atoms with Gasteiger partial charge in [0.1, 0.15) is 11.4 Å². The Morgan fingerprint density at radius 1 is 0.882 bits per heavy atom. The largest absolute Gasteiger partial charge is 0.472 e. The summed E-state index contributed by atoms with van der Waals surface area (Å²) in [5.74, 6) is -0.0857. The molecule has 0 aliphatic carbocycles. The number of quaternary nitrogens is 1. The van der Waals surface area contributed by atoms with Crippen molar-refractivity contribution in [3.63, 3.8) is 0 Å². The average Bonchev–Trinajstić information content (AvgIpc) is 2.39. The van der Waals surface area contributed by atoms with Gasteiger partial charge in [0, 0.05) is 0 Å². The molecule has 0 saturated carbocycles. The fourth-order valence-electron chi connectivity index (χ4n) is 1.70. The van der Waals surface area contributed by atoms with E-state index in [1.807, 2.05) is 60.7 Å². The predicted octanol–water partition coefficient (Wildman–Crippen LogP) is 2.68. The van der Waals surface area contributed by atoms with E-state index in [1.165, 1.54) is 0 Å². The summed E-state index contributed by atoms with van der Waals surface area (Å²) < 4.78 is -0.221. The van der Waals surface area contributed by atoms with E-state index in [-0.39, 0.29) is 9.85 Å². The third-order valence-electron chi connectivity index (χ3n) is 2.58. The quantitative estimate of drug-likeness (QED) is 0.369. The highest BCUT2D eigenvalue weighted by Gasteiger charge is 2.24. The smallest absolute Gasteiger partial charge is 0.284 e. The van der Waals surface area contributed by atoms with Crippen LogP contribution >= 0.6 is 0 Å². The number of nitrogens with one attached hydrogen (secondary N) is 1. The summed E-state index contributed by atoms with van der Waals surface area (Å²) in [6.45, 7) is 0. The van der Waals surface area contributed by atoms with Gasteiger partial charge in [-0.1, -0.05) is 36.4 Å². The Morgan fingerprint density at radius 2 is 1.24 bits per heavy atom. The van der Waals surface area contributed by atoms with Gasteiger partial charge in [0.2, 0.25) is 0 Å². The highest BCUT2D eigenvalue weighted by molar-refractivity contribution is 7.59. The van der Waals surface area contributed by atoms with Gasteiger partial charge < -0.3 is 22.4 Å². The summed E-state index contributed by atoms with van der Waals surface area (Å²) >= 11 is 5.55. The van der Waals surface area contributed by atoms with Crippen molar-refractivity contribution in [2.24, 2.45) is 5.73 Å². The Morgan fingerprint density at radius 3 is 1.53 bits per heavy atom. The lowest BCUT2D eigenvalue weighted by Gasteiger charge is -2.40. The normalized spacial score (nSPS) is 11.1. The molecule has 86 valence electrons. The maximum atomic E-state index is 7.77. The van der Waals surface area contributed by atoms with Crippen LogP contribution in [0.2, 0.25) is 0 Å². The molecular formula is C13H13N3S. The standard InChI is InChI=1S/C13H13N3S/c14-13(15)16(17,11-7-3-1-4-8-11)12-9-5-2-6-10-12/h1-10H,(H3,14,15). The fourth-order valence-corrected chi connectivity index (χ4v) is 1.95. The van der Waals surface area contributed by atoms with Crippen molar-refractivity contribution >= 4 is 30.1 Å². The number of benzene rings is 2. The van der Waals surface area contributed by atoms with Crippen LogP contribution in [-0.2, 0) is 12.8 Å². The second kappa shape index (κ2) is 4.61. The van der Waals surface area contributed by atoms with Gasteiger partial charge in [0.05, 0.1) is 0 Å². The van der Waals surface area contributed by atoms with Gasteiger partial charge in [-0.25, -0.2) is 5.41 Å². The molecule has 3 nitrogen and oxygen atoms in total. The second-order valence-electron chi connectivity index (χ2n) is 3.67. The molecule has 0 unspecified atom stereocenters. The number of hydrogen-bond acceptors (Lipinski definition) is 2. The van der Waals surface area contributed by atoms with Crippen LogP contribution in [0.3, 0.4) is 0 Å². The van der Waals surface area contributed by atoms with Crippen LogP contribution < -0.4 is 9.62 Å². The van der Waals surface area contributed by atoms with Gasteiger partial charge >= 0.3 is 0 Å². The van der Waals surface area contributed by atoms with Gasteiger partial charge in [0.25, 0.3) is 5.96 Å². The van der Waals surface area contributed by atoms with E-state index in [0.717, 1.165) is 11.4 Å². The van der Waals surface area contributed by atoms with Gasteiger partial charge in [0.15, 0.2) is 0 Å². The van der Waals surface area contributed by atoms with Crippen LogP contribution in [0.1, 0.15) is 0 Å². The Labute approximate surface area is 106 Å². The maximum Gasteiger partial charge on any atom is 0.284 e. The third-order valence-corrected chi connectivity index (χ3v) is 3.20. The number of nitrogens with zero attached hydrogens (tertiary/aromatic N) is 1. The van der Waals surface area contributed by atoms with E-state index < -0.39 is 0 Å². The fraction of sp³-hybridized carbons (Fsp3) is 0. The summed E-state index contributed by atoms with van der Waals surface area (Å²) in [5.41, 5.74) is 7.27. The number of para-hydroxylation sites is 2. The number of guanidine groups is 1. The highest BCUT2D eigenvalue weighted by atomic mass is 32.1. The number of hydrogen-bond donors (Lipinski definition) is 2. The Kier molecular flexibility index (Phi) is 3.17. The first kappa shape index (κ1) is 11.7. The summed E-state index contributed by atoms with van der Waals surface area (Å²) in [6, 6.07) is 18.9. The molecule has 3 N–H and O–H groups in total. The maximum absolute atomic E-state index is 7.77. The van der Waals surface area contributed by atoms with E-state index in [4.69, 9.17) is 24.0 Å². The van der Waals surface area contributed by atoms with Gasteiger partial charge in [-0.05, 0) is 24.3 Å². The first-order valence-corrected chi connectivity index (χ1v) is 5.58. The van der Waals surface area contributed by atoms with E-state index in [9.17, 15) is 0 Å². The van der Waals surface area contributed by atoms with Crippen molar-refractivity contribution in [2.75, 3.05) is 0 Å². The summed E-state index contributed by atoms with van der Waals surface area (Å²) in [6.07, 6.45) is 0. The Hall–Kier alpha value is -1.78. The summed E-state index contributed by atoms with van der Waals surface area (Å²) in [5, 5.41) is 7.77. The first-order valence-electron chi connectivity index (χ1n) is 5.21. The van der Waals surface area contributed by atoms with Crippen molar-refractivity contribution in [1.82, 2.24) is 3.89 Å². The van der Waals surface area contributed by atoms with Crippen LogP contribution in [-0.4, -0.2) is 5.96 Å². The highest BCUT2D eigenvalue weighted by Crippen LogP contribution is 2.32. The first-order chi connectivity index (χ1) is 8.15. The molecule has 0 amide bonds. The number of nitrogens with two attached hydrogens (primary N) is 1. The van der Waals surface area contributed by atoms with Crippen molar-refractivity contribution in [2.45, 2.75) is 0 Å². The van der Waals surface area contributed by atoms with Gasteiger partial charge in [-0.3, -0.25) is 0 Å². The molecule has 0 aromatic heterocycles. The molecule has 0 radical (unpaired) electrons. The number of rotatable bonds is 2. The monoisotopic (exact) mass is 243 g/mol. The van der Waals surface area contributed by atoms with Crippen LogP contribution in [0, 0.1) is 5.41 Å². The second-order valence-corrected chi connectivity index (χ2v) is 4.21. The molecule has 0 fully saturated rings. The third kappa shape index (κ3) is 2.05. The lowest BCUT2D eigenvalue weighted by molar-refractivity contribution is 0.861. The van der Waals surface area contributed by atoms with Crippen LogP contribution in [0.5, 0.6) is 0 Å². The minimum atomic E-state index is -0.221. The zero-order valence-corrected chi connectivity index (χ0v) is 10.0. The molecular weight excluding hydrogens is 230 g/mol. The molecule has 0 heterocycles. The summed E-state index contributed by atoms with van der Waals surface area (Å²) in [7, 11) is 0. The lowest BCUT2D eigenvalue weighted by atomic mass is 10.2. The van der Waals surface area contributed by atoms with Crippen LogP contribution in [0.4, 0.5) is 11.4 Å². The predicted molar refractivity (Wildman–Crippen MR) is 73.6 cm³/mol. The molecule has 0 aliphatic heterocycles. The summed E-state index contributed by atoms with van der Waals surface area (Å²) in [4.78, 5) is 0. The topological polar surface area (TPSA) is 49.9 Å². The molecule has 0 saturated heterocycles. The molecule has 0 bridgehead atoms. The Balaban J connectivity index is 2.59. The van der Waals surface area contributed by atoms with Crippen molar-refractivity contribution in [3.05, 3.63) is 60.7 Å². The molecule has 0 aliphatic rings. The zero-order valence-electron chi connectivity index (χ0n) is 9.21. The SMILES string of the molecule is N=C(N)[N+]([S-])(c1ccccc1)c1ccccc1. The van der Waals surface area contributed by atoms with E-state index in [0.29, 0.717) is 0 Å². The van der Waals surface area contributed by atoms with Crippen molar-refractivity contribution < 1.29 is 0 Å². The van der Waals surface area contributed by atoms with Crippen molar-refractivity contribution in [1.29, 1.82) is 5.41 Å². The molecule has 2 aromatic carbocycles. The van der Waals surface area contributed by atoms with Crippen molar-refractivity contribution in [3.8, 4) is 0 Å². The molecule has 17 heavy (non-hydrogen) atoms. The van der Waals surface area contributed by atoms with E-state index >= 15 is 0 Å². The van der Waals surface area contributed by atoms with Crippen LogP contribution in [0.25, 0.3) is 0 Å². The molecule has 4 heteroatoms. The molecule has 2 aromatic rings. The lowest BCUT2D eigenvalue weighted by Crippen LogP contribution is -2.48.